The van der Waals surface area contributed by atoms with Crippen molar-refractivity contribution < 1.29 is 8.42 Å². The SMILES string of the molecule is CC(C)CN(C1CC1)S(=O)(=O)c1cccc(CCl)c1. The van der Waals surface area contributed by atoms with Gasteiger partial charge in [-0.15, -0.1) is 11.6 Å². The first-order valence-electron chi connectivity index (χ1n) is 6.62. The number of hydrogen-bond acceptors (Lipinski definition) is 2. The molecule has 5 heteroatoms. The molecule has 0 amide bonds. The quantitative estimate of drug-likeness (QED) is 0.757. The van der Waals surface area contributed by atoms with E-state index in [-0.39, 0.29) is 6.04 Å². The zero-order chi connectivity index (χ0) is 14.0. The average Bonchev–Trinajstić information content (AvgIpc) is 3.20. The van der Waals surface area contributed by atoms with Crippen LogP contribution < -0.4 is 0 Å². The second kappa shape index (κ2) is 5.81. The molecule has 0 unspecified atom stereocenters. The predicted octanol–water partition coefficient (Wildman–Crippen LogP) is 3.23. The molecular formula is C14H20ClNO2S. The summed E-state index contributed by atoms with van der Waals surface area (Å²) >= 11 is 5.78. The maximum atomic E-state index is 12.7. The number of sulfonamides is 1. The normalized spacial score (nSPS) is 16.3. The number of hydrogen-bond donors (Lipinski definition) is 0. The Hall–Kier alpha value is -0.580. The maximum Gasteiger partial charge on any atom is 0.243 e. The number of benzene rings is 1. The van der Waals surface area contributed by atoms with Crippen LogP contribution in [0.4, 0.5) is 0 Å². The van der Waals surface area contributed by atoms with E-state index >= 15 is 0 Å². The molecule has 2 rings (SSSR count). The maximum absolute atomic E-state index is 12.7. The number of halogens is 1. The summed E-state index contributed by atoms with van der Waals surface area (Å²) in [4.78, 5) is 0.359. The topological polar surface area (TPSA) is 37.4 Å². The van der Waals surface area contributed by atoms with Gasteiger partial charge < -0.3 is 0 Å². The van der Waals surface area contributed by atoms with E-state index in [1.165, 1.54) is 0 Å². The lowest BCUT2D eigenvalue weighted by atomic mass is 10.2. The summed E-state index contributed by atoms with van der Waals surface area (Å²) < 4.78 is 27.1. The fourth-order valence-corrected chi connectivity index (χ4v) is 4.18. The monoisotopic (exact) mass is 301 g/mol. The zero-order valence-corrected chi connectivity index (χ0v) is 12.9. The van der Waals surface area contributed by atoms with Crippen molar-refractivity contribution in [2.75, 3.05) is 6.54 Å². The van der Waals surface area contributed by atoms with E-state index in [4.69, 9.17) is 11.6 Å². The van der Waals surface area contributed by atoms with Gasteiger partial charge in [0, 0.05) is 18.5 Å². The third-order valence-corrected chi connectivity index (χ3v) is 5.38. The molecule has 0 atom stereocenters. The van der Waals surface area contributed by atoms with Gasteiger partial charge in [0.1, 0.15) is 0 Å². The van der Waals surface area contributed by atoms with Crippen molar-refractivity contribution in [3.05, 3.63) is 29.8 Å². The van der Waals surface area contributed by atoms with Crippen molar-refractivity contribution in [3.63, 3.8) is 0 Å². The molecule has 0 bridgehead atoms. The minimum Gasteiger partial charge on any atom is -0.207 e. The molecule has 0 N–H and O–H groups in total. The van der Waals surface area contributed by atoms with Gasteiger partial charge in [-0.2, -0.15) is 4.31 Å². The van der Waals surface area contributed by atoms with Gasteiger partial charge in [-0.25, -0.2) is 8.42 Å². The Morgan fingerprint density at radius 2 is 2.05 bits per heavy atom. The van der Waals surface area contributed by atoms with Gasteiger partial charge in [-0.3, -0.25) is 0 Å². The Bertz CT molecular complexity index is 538. The molecule has 1 aromatic rings. The molecule has 1 aromatic carbocycles. The third-order valence-electron chi connectivity index (χ3n) is 3.16. The van der Waals surface area contributed by atoms with E-state index in [2.05, 4.69) is 0 Å². The summed E-state index contributed by atoms with van der Waals surface area (Å²) in [7, 11) is -3.39. The van der Waals surface area contributed by atoms with Crippen molar-refractivity contribution in [2.24, 2.45) is 5.92 Å². The molecule has 106 valence electrons. The highest BCUT2D eigenvalue weighted by Crippen LogP contribution is 2.33. The molecule has 0 spiro atoms. The molecule has 0 heterocycles. The lowest BCUT2D eigenvalue weighted by Crippen LogP contribution is -2.36. The molecule has 0 aliphatic heterocycles. The fraction of sp³-hybridized carbons (Fsp3) is 0.571. The Morgan fingerprint density at radius 1 is 1.37 bits per heavy atom. The summed E-state index contributed by atoms with van der Waals surface area (Å²) in [5.74, 6) is 0.656. The Labute approximate surface area is 120 Å². The lowest BCUT2D eigenvalue weighted by molar-refractivity contribution is 0.360. The Kier molecular flexibility index (Phi) is 4.54. The van der Waals surface area contributed by atoms with Crippen LogP contribution >= 0.6 is 11.6 Å². The second-order valence-corrected chi connectivity index (χ2v) is 7.64. The van der Waals surface area contributed by atoms with E-state index in [0.717, 1.165) is 18.4 Å². The zero-order valence-electron chi connectivity index (χ0n) is 11.3. The van der Waals surface area contributed by atoms with Gasteiger partial charge in [-0.05, 0) is 36.5 Å². The highest BCUT2D eigenvalue weighted by Gasteiger charge is 2.38. The summed E-state index contributed by atoms with van der Waals surface area (Å²) in [6, 6.07) is 7.12. The highest BCUT2D eigenvalue weighted by molar-refractivity contribution is 7.89. The van der Waals surface area contributed by atoms with Crippen molar-refractivity contribution in [2.45, 2.75) is 43.5 Å². The second-order valence-electron chi connectivity index (χ2n) is 5.48. The van der Waals surface area contributed by atoms with Gasteiger partial charge in [-0.1, -0.05) is 26.0 Å². The fourth-order valence-electron chi connectivity index (χ4n) is 2.09. The van der Waals surface area contributed by atoms with Crippen LogP contribution in [-0.4, -0.2) is 25.3 Å². The number of alkyl halides is 1. The van der Waals surface area contributed by atoms with E-state index in [1.54, 1.807) is 22.5 Å². The summed E-state index contributed by atoms with van der Waals surface area (Å²) in [5, 5.41) is 0. The Balaban J connectivity index is 2.32. The molecule has 1 aliphatic carbocycles. The first-order chi connectivity index (χ1) is 8.95. The number of nitrogens with zero attached hydrogens (tertiary/aromatic N) is 1. The van der Waals surface area contributed by atoms with Gasteiger partial charge in [0.15, 0.2) is 0 Å². The van der Waals surface area contributed by atoms with Crippen molar-refractivity contribution in [3.8, 4) is 0 Å². The molecule has 19 heavy (non-hydrogen) atoms. The number of rotatable bonds is 6. The largest absolute Gasteiger partial charge is 0.243 e. The molecule has 1 aliphatic rings. The van der Waals surface area contributed by atoms with Crippen LogP contribution in [0.1, 0.15) is 32.3 Å². The molecule has 3 nitrogen and oxygen atoms in total. The van der Waals surface area contributed by atoms with Crippen LogP contribution in [0.25, 0.3) is 0 Å². The van der Waals surface area contributed by atoms with E-state index in [9.17, 15) is 8.42 Å². The van der Waals surface area contributed by atoms with E-state index in [1.807, 2.05) is 19.9 Å². The summed E-state index contributed by atoms with van der Waals surface area (Å²) in [5.41, 5.74) is 0.836. The van der Waals surface area contributed by atoms with Crippen molar-refractivity contribution >= 4 is 21.6 Å². The summed E-state index contributed by atoms with van der Waals surface area (Å²) in [6.07, 6.45) is 1.95. The Morgan fingerprint density at radius 3 is 2.58 bits per heavy atom. The predicted molar refractivity (Wildman–Crippen MR) is 77.8 cm³/mol. The molecule has 1 saturated carbocycles. The highest BCUT2D eigenvalue weighted by atomic mass is 35.5. The minimum atomic E-state index is -3.39. The van der Waals surface area contributed by atoms with Gasteiger partial charge in [0.25, 0.3) is 0 Å². The molecule has 1 fully saturated rings. The van der Waals surface area contributed by atoms with Crippen LogP contribution in [0, 0.1) is 5.92 Å². The summed E-state index contributed by atoms with van der Waals surface area (Å²) in [6.45, 7) is 4.66. The van der Waals surface area contributed by atoms with Crippen LogP contribution in [0.2, 0.25) is 0 Å². The molecule has 0 saturated heterocycles. The molecule has 0 aromatic heterocycles. The van der Waals surface area contributed by atoms with Crippen LogP contribution in [0.5, 0.6) is 0 Å². The van der Waals surface area contributed by atoms with Gasteiger partial charge in [0.05, 0.1) is 4.90 Å². The first-order valence-corrected chi connectivity index (χ1v) is 8.59. The minimum absolute atomic E-state index is 0.187. The van der Waals surface area contributed by atoms with Crippen LogP contribution in [0.3, 0.4) is 0 Å². The lowest BCUT2D eigenvalue weighted by Gasteiger charge is -2.24. The standard InChI is InChI=1S/C14H20ClNO2S/c1-11(2)10-16(13-6-7-13)19(17,18)14-5-3-4-12(8-14)9-15/h3-5,8,11,13H,6-7,9-10H2,1-2H3. The third kappa shape index (κ3) is 3.50. The van der Waals surface area contributed by atoms with E-state index in [0.29, 0.717) is 23.2 Å². The van der Waals surface area contributed by atoms with Crippen molar-refractivity contribution in [1.82, 2.24) is 4.31 Å². The smallest absolute Gasteiger partial charge is 0.207 e. The van der Waals surface area contributed by atoms with Crippen molar-refractivity contribution in [1.29, 1.82) is 0 Å². The van der Waals surface area contributed by atoms with Gasteiger partial charge >= 0.3 is 0 Å². The first kappa shape index (κ1) is 14.8. The van der Waals surface area contributed by atoms with E-state index < -0.39 is 10.0 Å². The van der Waals surface area contributed by atoms with Crippen LogP contribution in [0.15, 0.2) is 29.2 Å². The van der Waals surface area contributed by atoms with Crippen LogP contribution in [-0.2, 0) is 15.9 Å². The van der Waals surface area contributed by atoms with Gasteiger partial charge in [0.2, 0.25) is 10.0 Å². The molecule has 0 radical (unpaired) electrons. The average molecular weight is 302 g/mol. The molecular weight excluding hydrogens is 282 g/mol.